The van der Waals surface area contributed by atoms with Crippen molar-refractivity contribution in [1.82, 2.24) is 9.88 Å². The molecule has 0 fully saturated rings. The molecule has 1 amide bonds. The van der Waals surface area contributed by atoms with Gasteiger partial charge in [0.1, 0.15) is 0 Å². The van der Waals surface area contributed by atoms with Gasteiger partial charge in [0.15, 0.2) is 0 Å². The lowest BCUT2D eigenvalue weighted by atomic mass is 10.1. The van der Waals surface area contributed by atoms with Gasteiger partial charge >= 0.3 is 0 Å². The highest BCUT2D eigenvalue weighted by atomic mass is 32.2. The summed E-state index contributed by atoms with van der Waals surface area (Å²) in [6.45, 7) is 4.13. The molecular formula is C14H22N2OS. The molecule has 1 aromatic heterocycles. The lowest BCUT2D eigenvalue weighted by Crippen LogP contribution is -2.36. The molecule has 1 rings (SSSR count). The molecule has 4 heteroatoms. The van der Waals surface area contributed by atoms with Crippen LogP contribution in [0.3, 0.4) is 0 Å². The fourth-order valence-electron chi connectivity index (χ4n) is 1.76. The van der Waals surface area contributed by atoms with Crippen molar-refractivity contribution in [2.45, 2.75) is 32.7 Å². The molecule has 1 aromatic rings. The number of aryl methyl sites for hydroxylation is 1. The summed E-state index contributed by atoms with van der Waals surface area (Å²) in [6, 6.07) is 4.19. The first-order valence-corrected chi connectivity index (χ1v) is 7.60. The Morgan fingerprint density at radius 1 is 1.56 bits per heavy atom. The Hall–Kier alpha value is -1.03. The Morgan fingerprint density at radius 2 is 2.28 bits per heavy atom. The van der Waals surface area contributed by atoms with Gasteiger partial charge in [-0.15, -0.1) is 0 Å². The highest BCUT2D eigenvalue weighted by Gasteiger charge is 2.16. The fraction of sp³-hybridized carbons (Fsp3) is 0.571. The van der Waals surface area contributed by atoms with Crippen LogP contribution in [0.1, 0.15) is 24.6 Å². The maximum absolute atomic E-state index is 11.9. The Kier molecular flexibility index (Phi) is 6.19. The number of aromatic nitrogens is 1. The summed E-state index contributed by atoms with van der Waals surface area (Å²) in [7, 11) is 1.88. The van der Waals surface area contributed by atoms with Crippen molar-refractivity contribution < 1.29 is 4.79 Å². The van der Waals surface area contributed by atoms with Gasteiger partial charge < -0.3 is 4.90 Å². The zero-order valence-electron chi connectivity index (χ0n) is 11.6. The van der Waals surface area contributed by atoms with Gasteiger partial charge in [-0.2, -0.15) is 11.8 Å². The Bertz CT molecular complexity index is 395. The fourth-order valence-corrected chi connectivity index (χ4v) is 2.14. The van der Waals surface area contributed by atoms with E-state index in [4.69, 9.17) is 0 Å². The molecule has 3 nitrogen and oxygen atoms in total. The van der Waals surface area contributed by atoms with Gasteiger partial charge in [-0.05, 0) is 31.7 Å². The van der Waals surface area contributed by atoms with Crippen molar-refractivity contribution in [3.63, 3.8) is 0 Å². The van der Waals surface area contributed by atoms with E-state index in [1.165, 1.54) is 5.56 Å². The first-order chi connectivity index (χ1) is 8.56. The highest BCUT2D eigenvalue weighted by Crippen LogP contribution is 2.11. The van der Waals surface area contributed by atoms with Gasteiger partial charge in [0.05, 0.1) is 0 Å². The van der Waals surface area contributed by atoms with E-state index in [0.29, 0.717) is 6.42 Å². The van der Waals surface area contributed by atoms with Crippen molar-refractivity contribution in [2.75, 3.05) is 19.1 Å². The largest absolute Gasteiger partial charge is 0.343 e. The van der Waals surface area contributed by atoms with Gasteiger partial charge in [0, 0.05) is 43.6 Å². The molecule has 18 heavy (non-hydrogen) atoms. The molecule has 0 unspecified atom stereocenters. The third kappa shape index (κ3) is 4.33. The molecule has 0 spiro atoms. The number of carbonyl (C=O) groups is 1. The number of rotatable bonds is 6. The first-order valence-electron chi connectivity index (χ1n) is 6.21. The third-order valence-electron chi connectivity index (χ3n) is 3.18. The Morgan fingerprint density at radius 3 is 2.89 bits per heavy atom. The molecule has 1 heterocycles. The lowest BCUT2D eigenvalue weighted by molar-refractivity contribution is -0.131. The van der Waals surface area contributed by atoms with Crippen molar-refractivity contribution >= 4 is 17.7 Å². The average Bonchev–Trinajstić information content (AvgIpc) is 2.37. The van der Waals surface area contributed by atoms with Crippen LogP contribution >= 0.6 is 11.8 Å². The smallest absolute Gasteiger partial charge is 0.223 e. The molecule has 0 aliphatic carbocycles. The van der Waals surface area contributed by atoms with Gasteiger partial charge in [-0.25, -0.2) is 0 Å². The first kappa shape index (κ1) is 15.0. The monoisotopic (exact) mass is 266 g/mol. The van der Waals surface area contributed by atoms with Crippen molar-refractivity contribution in [3.05, 3.63) is 29.6 Å². The molecule has 0 radical (unpaired) electrons. The zero-order chi connectivity index (χ0) is 13.5. The minimum Gasteiger partial charge on any atom is -0.343 e. The van der Waals surface area contributed by atoms with Crippen molar-refractivity contribution in [2.24, 2.45) is 0 Å². The zero-order valence-corrected chi connectivity index (χ0v) is 12.5. The highest BCUT2D eigenvalue weighted by molar-refractivity contribution is 7.98. The predicted octanol–water partition coefficient (Wildman–Crippen LogP) is 2.53. The van der Waals surface area contributed by atoms with Crippen LogP contribution in [0.5, 0.6) is 0 Å². The summed E-state index contributed by atoms with van der Waals surface area (Å²) in [5.41, 5.74) is 2.27. The van der Waals surface area contributed by atoms with Crippen LogP contribution in [-0.4, -0.2) is 40.9 Å². The third-order valence-corrected chi connectivity index (χ3v) is 3.79. The number of likely N-dealkylation sites (N-methyl/N-ethyl adjacent to an activating group) is 1. The van der Waals surface area contributed by atoms with Crippen molar-refractivity contribution in [3.8, 4) is 0 Å². The van der Waals surface area contributed by atoms with Gasteiger partial charge in [0.2, 0.25) is 5.91 Å². The lowest BCUT2D eigenvalue weighted by Gasteiger charge is -2.25. The van der Waals surface area contributed by atoms with Crippen LogP contribution in [0.15, 0.2) is 18.3 Å². The Balaban J connectivity index is 2.57. The van der Waals surface area contributed by atoms with Crippen LogP contribution in [-0.2, 0) is 11.2 Å². The normalized spacial score (nSPS) is 12.2. The van der Waals surface area contributed by atoms with E-state index in [1.807, 2.05) is 30.5 Å². The quantitative estimate of drug-likeness (QED) is 0.793. The summed E-state index contributed by atoms with van der Waals surface area (Å²) in [5, 5.41) is 0. The van der Waals surface area contributed by atoms with E-state index in [2.05, 4.69) is 24.9 Å². The van der Waals surface area contributed by atoms with E-state index < -0.39 is 0 Å². The van der Waals surface area contributed by atoms with Crippen LogP contribution in [0.25, 0.3) is 0 Å². The number of nitrogens with zero attached hydrogens (tertiary/aromatic N) is 2. The van der Waals surface area contributed by atoms with Crippen LogP contribution in [0, 0.1) is 6.92 Å². The standard InChI is InChI=1S/C14H22N2OS/c1-11-6-5-8-15-13(11)10-12(2)16(3)14(17)7-9-18-4/h5-6,8,12H,7,9-10H2,1-4H3/t12-/m0/s1. The number of thioether (sulfide) groups is 1. The van der Waals surface area contributed by atoms with E-state index in [9.17, 15) is 4.79 Å². The molecule has 0 bridgehead atoms. The molecule has 0 saturated carbocycles. The minimum atomic E-state index is 0.188. The maximum atomic E-state index is 11.9. The second kappa shape index (κ2) is 7.41. The van der Waals surface area contributed by atoms with Gasteiger partial charge in [0.25, 0.3) is 0 Å². The number of pyridine rings is 1. The topological polar surface area (TPSA) is 33.2 Å². The second-order valence-electron chi connectivity index (χ2n) is 4.57. The molecule has 0 saturated heterocycles. The van der Waals surface area contributed by atoms with Gasteiger partial charge in [-0.1, -0.05) is 6.07 Å². The molecule has 0 aromatic carbocycles. The maximum Gasteiger partial charge on any atom is 0.223 e. The molecule has 0 aliphatic heterocycles. The summed E-state index contributed by atoms with van der Waals surface area (Å²) in [5.74, 6) is 1.10. The molecule has 1 atom stereocenters. The summed E-state index contributed by atoms with van der Waals surface area (Å²) >= 11 is 1.71. The number of amides is 1. The van der Waals surface area contributed by atoms with Crippen LogP contribution in [0.4, 0.5) is 0 Å². The number of hydrogen-bond donors (Lipinski definition) is 0. The molecular weight excluding hydrogens is 244 g/mol. The Labute approximate surface area is 114 Å². The van der Waals surface area contributed by atoms with Crippen molar-refractivity contribution in [1.29, 1.82) is 0 Å². The van der Waals surface area contributed by atoms with E-state index in [0.717, 1.165) is 17.9 Å². The second-order valence-corrected chi connectivity index (χ2v) is 5.55. The number of hydrogen-bond acceptors (Lipinski definition) is 3. The van der Waals surface area contributed by atoms with E-state index in [-0.39, 0.29) is 11.9 Å². The van der Waals surface area contributed by atoms with E-state index >= 15 is 0 Å². The summed E-state index contributed by atoms with van der Waals surface area (Å²) in [4.78, 5) is 18.1. The number of carbonyl (C=O) groups excluding carboxylic acids is 1. The summed E-state index contributed by atoms with van der Waals surface area (Å²) < 4.78 is 0. The van der Waals surface area contributed by atoms with E-state index in [1.54, 1.807) is 11.8 Å². The average molecular weight is 266 g/mol. The van der Waals surface area contributed by atoms with Crippen LogP contribution in [0.2, 0.25) is 0 Å². The van der Waals surface area contributed by atoms with Gasteiger partial charge in [-0.3, -0.25) is 9.78 Å². The summed E-state index contributed by atoms with van der Waals surface area (Å²) in [6.07, 6.45) is 5.26. The predicted molar refractivity (Wildman–Crippen MR) is 77.9 cm³/mol. The SMILES string of the molecule is CSCCC(=O)N(C)[C@@H](C)Cc1ncccc1C. The minimum absolute atomic E-state index is 0.188. The molecule has 100 valence electrons. The molecule has 0 aliphatic rings. The van der Waals surface area contributed by atoms with Crippen LogP contribution < -0.4 is 0 Å². The molecule has 0 N–H and O–H groups in total.